The first-order valence-corrected chi connectivity index (χ1v) is 17.7. The first-order chi connectivity index (χ1) is 24.4. The molecule has 4 aromatic rings. The first kappa shape index (κ1) is 38.5. The van der Waals surface area contributed by atoms with Crippen LogP contribution >= 0.6 is 0 Å². The molecule has 0 aliphatic rings. The van der Waals surface area contributed by atoms with Crippen LogP contribution in [0.4, 0.5) is 10.1 Å². The van der Waals surface area contributed by atoms with Gasteiger partial charge in [-0.05, 0) is 60.9 Å². The average molecular weight is 722 g/mol. The number of carbonyl (C=O) groups is 2. The first-order valence-electron chi connectivity index (χ1n) is 16.3. The standard InChI is InChI=1S/C38H44FN3O8S/c1-7-26(2)40-38(44)33(21-27-11-9-8-10-12-27)41(24-28-13-15-29(39)16-14-28)37(43)25-42(32-22-30(47-3)17-19-34(32)48-4)51(45,46)31-18-20-35(49-5)36(23-31)50-6/h8-20,22-23,26,33H,7,21,24-25H2,1-6H3,(H,40,44). The normalized spacial score (nSPS) is 12.3. The fourth-order valence-electron chi connectivity index (χ4n) is 5.39. The molecule has 272 valence electrons. The molecule has 0 aromatic heterocycles. The highest BCUT2D eigenvalue weighted by atomic mass is 32.2. The Morgan fingerprint density at radius 3 is 2.04 bits per heavy atom. The summed E-state index contributed by atoms with van der Waals surface area (Å²) < 4.78 is 65.9. The van der Waals surface area contributed by atoms with Crippen molar-refractivity contribution < 1.29 is 41.3 Å². The molecular formula is C38H44FN3O8S. The van der Waals surface area contributed by atoms with Gasteiger partial charge < -0.3 is 29.2 Å². The Hall–Kier alpha value is -5.30. The van der Waals surface area contributed by atoms with Crippen LogP contribution in [0.15, 0.2) is 95.9 Å². The highest BCUT2D eigenvalue weighted by Crippen LogP contribution is 2.38. The minimum Gasteiger partial charge on any atom is -0.497 e. The van der Waals surface area contributed by atoms with Gasteiger partial charge in [0.05, 0.1) is 39.0 Å². The highest BCUT2D eigenvalue weighted by Gasteiger charge is 2.36. The van der Waals surface area contributed by atoms with Crippen LogP contribution in [-0.4, -0.2) is 72.2 Å². The largest absolute Gasteiger partial charge is 0.497 e. The van der Waals surface area contributed by atoms with Gasteiger partial charge in [-0.15, -0.1) is 0 Å². The molecular weight excluding hydrogens is 677 g/mol. The Labute approximate surface area is 298 Å². The lowest BCUT2D eigenvalue weighted by Crippen LogP contribution is -2.54. The van der Waals surface area contributed by atoms with Crippen molar-refractivity contribution >= 4 is 27.5 Å². The second-order valence-corrected chi connectivity index (χ2v) is 13.6. The van der Waals surface area contributed by atoms with Crippen molar-refractivity contribution in [2.75, 3.05) is 39.3 Å². The van der Waals surface area contributed by atoms with Crippen molar-refractivity contribution in [3.63, 3.8) is 0 Å². The molecule has 4 rings (SSSR count). The van der Waals surface area contributed by atoms with Gasteiger partial charge in [-0.25, -0.2) is 12.8 Å². The lowest BCUT2D eigenvalue weighted by molar-refractivity contribution is -0.140. The van der Waals surface area contributed by atoms with E-state index in [1.807, 2.05) is 44.2 Å². The van der Waals surface area contributed by atoms with Gasteiger partial charge in [-0.2, -0.15) is 0 Å². The molecule has 2 unspecified atom stereocenters. The van der Waals surface area contributed by atoms with Crippen LogP contribution < -0.4 is 28.6 Å². The Morgan fingerprint density at radius 2 is 1.43 bits per heavy atom. The molecule has 0 radical (unpaired) electrons. The third kappa shape index (κ3) is 9.48. The Bertz CT molecular complexity index is 1890. The van der Waals surface area contributed by atoms with Crippen LogP contribution in [0.3, 0.4) is 0 Å². The summed E-state index contributed by atoms with van der Waals surface area (Å²) in [4.78, 5) is 30.0. The second kappa shape index (κ2) is 17.6. The molecule has 0 aliphatic heterocycles. The molecule has 1 N–H and O–H groups in total. The molecule has 0 saturated carbocycles. The van der Waals surface area contributed by atoms with Gasteiger partial charge in [0.15, 0.2) is 11.5 Å². The van der Waals surface area contributed by atoms with E-state index in [0.29, 0.717) is 23.5 Å². The molecule has 11 nitrogen and oxygen atoms in total. The fourth-order valence-corrected chi connectivity index (χ4v) is 6.82. The van der Waals surface area contributed by atoms with Crippen molar-refractivity contribution in [2.24, 2.45) is 0 Å². The summed E-state index contributed by atoms with van der Waals surface area (Å²) in [5.74, 6) is -0.670. The third-order valence-electron chi connectivity index (χ3n) is 8.41. The van der Waals surface area contributed by atoms with Gasteiger partial charge in [0.2, 0.25) is 11.8 Å². The van der Waals surface area contributed by atoms with Gasteiger partial charge in [-0.3, -0.25) is 13.9 Å². The molecule has 0 bridgehead atoms. The van der Waals surface area contributed by atoms with E-state index in [4.69, 9.17) is 18.9 Å². The number of benzene rings is 4. The number of hydrogen-bond donors (Lipinski definition) is 1. The minimum atomic E-state index is -4.54. The molecule has 0 heterocycles. The average Bonchev–Trinajstić information content (AvgIpc) is 3.15. The quantitative estimate of drug-likeness (QED) is 0.149. The van der Waals surface area contributed by atoms with E-state index in [2.05, 4.69) is 5.32 Å². The van der Waals surface area contributed by atoms with E-state index in [0.717, 1.165) is 9.87 Å². The van der Waals surface area contributed by atoms with Gasteiger partial charge in [-0.1, -0.05) is 49.4 Å². The number of halogens is 1. The number of sulfonamides is 1. The van der Waals surface area contributed by atoms with Gasteiger partial charge in [0.25, 0.3) is 10.0 Å². The van der Waals surface area contributed by atoms with Crippen LogP contribution in [-0.2, 0) is 32.6 Å². The van der Waals surface area contributed by atoms with Crippen LogP contribution in [0.2, 0.25) is 0 Å². The van der Waals surface area contributed by atoms with E-state index in [9.17, 15) is 22.4 Å². The fraction of sp³-hybridized carbons (Fsp3) is 0.316. The third-order valence-corrected chi connectivity index (χ3v) is 10.2. The number of anilines is 1. The smallest absolute Gasteiger partial charge is 0.265 e. The maximum atomic E-state index is 14.8. The summed E-state index contributed by atoms with van der Waals surface area (Å²) in [6.07, 6.45) is 0.767. The maximum absolute atomic E-state index is 14.8. The number of carbonyl (C=O) groups excluding carboxylic acids is 2. The topological polar surface area (TPSA) is 124 Å². The number of nitrogens with zero attached hydrogens (tertiary/aromatic N) is 2. The summed E-state index contributed by atoms with van der Waals surface area (Å²) >= 11 is 0. The Balaban J connectivity index is 1.90. The molecule has 13 heteroatoms. The summed E-state index contributed by atoms with van der Waals surface area (Å²) in [5, 5.41) is 2.99. The van der Waals surface area contributed by atoms with Gasteiger partial charge in [0, 0.05) is 31.1 Å². The molecule has 4 aromatic carbocycles. The number of nitrogens with one attached hydrogen (secondary N) is 1. The number of amides is 2. The number of rotatable bonds is 17. The molecule has 0 saturated heterocycles. The van der Waals surface area contributed by atoms with E-state index < -0.39 is 40.2 Å². The highest BCUT2D eigenvalue weighted by molar-refractivity contribution is 7.92. The number of ether oxygens (including phenoxy) is 4. The van der Waals surface area contributed by atoms with E-state index in [-0.39, 0.29) is 41.1 Å². The van der Waals surface area contributed by atoms with Crippen molar-refractivity contribution in [2.45, 2.75) is 50.2 Å². The van der Waals surface area contributed by atoms with Crippen molar-refractivity contribution in [3.8, 4) is 23.0 Å². The predicted molar refractivity (Wildman–Crippen MR) is 192 cm³/mol. The van der Waals surface area contributed by atoms with E-state index in [1.54, 1.807) is 6.07 Å². The SMILES string of the molecule is CCC(C)NC(=O)C(Cc1ccccc1)N(Cc1ccc(F)cc1)C(=O)CN(c1cc(OC)ccc1OC)S(=O)(=O)c1ccc(OC)c(OC)c1. The minimum absolute atomic E-state index is 0.0189. The van der Waals surface area contributed by atoms with Crippen molar-refractivity contribution in [3.05, 3.63) is 108 Å². The van der Waals surface area contributed by atoms with Crippen molar-refractivity contribution in [1.29, 1.82) is 0 Å². The molecule has 2 amide bonds. The zero-order valence-corrected chi connectivity index (χ0v) is 30.4. The van der Waals surface area contributed by atoms with Crippen LogP contribution in [0.5, 0.6) is 23.0 Å². The molecule has 51 heavy (non-hydrogen) atoms. The Kier molecular flexibility index (Phi) is 13.3. The van der Waals surface area contributed by atoms with Gasteiger partial charge >= 0.3 is 0 Å². The summed E-state index contributed by atoms with van der Waals surface area (Å²) in [6.45, 7) is 2.92. The lowest BCUT2D eigenvalue weighted by Gasteiger charge is -2.34. The predicted octanol–water partition coefficient (Wildman–Crippen LogP) is 5.61. The van der Waals surface area contributed by atoms with Crippen LogP contribution in [0, 0.1) is 5.82 Å². The molecule has 0 aliphatic carbocycles. The second-order valence-electron chi connectivity index (χ2n) is 11.7. The zero-order valence-electron chi connectivity index (χ0n) is 29.6. The maximum Gasteiger partial charge on any atom is 0.265 e. The zero-order chi connectivity index (χ0) is 37.1. The lowest BCUT2D eigenvalue weighted by atomic mass is 10.0. The number of methoxy groups -OCH3 is 4. The number of hydrogen-bond acceptors (Lipinski definition) is 8. The molecule has 2 atom stereocenters. The summed E-state index contributed by atoms with van der Waals surface area (Å²) in [5.41, 5.74) is 1.33. The van der Waals surface area contributed by atoms with Gasteiger partial charge in [0.1, 0.15) is 29.9 Å². The molecule has 0 spiro atoms. The molecule has 0 fully saturated rings. The monoisotopic (exact) mass is 721 g/mol. The Morgan fingerprint density at radius 1 is 0.784 bits per heavy atom. The van der Waals surface area contributed by atoms with E-state index in [1.165, 1.54) is 87.9 Å². The van der Waals surface area contributed by atoms with Crippen molar-refractivity contribution in [1.82, 2.24) is 10.2 Å². The van der Waals surface area contributed by atoms with Crippen LogP contribution in [0.1, 0.15) is 31.4 Å². The van der Waals surface area contributed by atoms with E-state index >= 15 is 0 Å². The summed E-state index contributed by atoms with van der Waals surface area (Å²) in [6, 6.07) is 22.2. The van der Waals surface area contributed by atoms with Crippen LogP contribution in [0.25, 0.3) is 0 Å². The summed E-state index contributed by atoms with van der Waals surface area (Å²) in [7, 11) is 1.08.